The third-order valence-electron chi connectivity index (χ3n) is 4.50. The van der Waals surface area contributed by atoms with E-state index in [1.54, 1.807) is 0 Å². The number of hydrogen-bond acceptors (Lipinski definition) is 4. The van der Waals surface area contributed by atoms with E-state index in [2.05, 4.69) is 44.0 Å². The third kappa shape index (κ3) is 4.03. The standard InChI is InChI=1S/C16H21N7.HI/c17-16(19-14-7-6-12-2-1-3-13(12)8-14)18-9-15-20-21-22-23(15)10-11-4-5-11;/h6-8,11H,1-5,9-10H2,(H3,17,18,19);1H. The van der Waals surface area contributed by atoms with E-state index >= 15 is 0 Å². The van der Waals surface area contributed by atoms with Crippen LogP contribution in [0.5, 0.6) is 0 Å². The summed E-state index contributed by atoms with van der Waals surface area (Å²) < 4.78 is 1.84. The summed E-state index contributed by atoms with van der Waals surface area (Å²) in [6.07, 6.45) is 6.11. The molecule has 4 rings (SSSR count). The Hall–Kier alpha value is -1.71. The lowest BCUT2D eigenvalue weighted by molar-refractivity contribution is 0.524. The monoisotopic (exact) mass is 439 g/mol. The van der Waals surface area contributed by atoms with Gasteiger partial charge in [0.15, 0.2) is 11.8 Å². The summed E-state index contributed by atoms with van der Waals surface area (Å²) in [6, 6.07) is 6.40. The van der Waals surface area contributed by atoms with Gasteiger partial charge in [0.2, 0.25) is 0 Å². The van der Waals surface area contributed by atoms with E-state index in [1.807, 2.05) is 4.68 Å². The van der Waals surface area contributed by atoms with Gasteiger partial charge in [-0.25, -0.2) is 9.67 Å². The van der Waals surface area contributed by atoms with Gasteiger partial charge in [0.25, 0.3) is 0 Å². The maximum atomic E-state index is 5.99. The maximum absolute atomic E-state index is 5.99. The quantitative estimate of drug-likeness (QED) is 0.423. The zero-order valence-corrected chi connectivity index (χ0v) is 15.8. The van der Waals surface area contributed by atoms with Crippen LogP contribution >= 0.6 is 24.0 Å². The van der Waals surface area contributed by atoms with Gasteiger partial charge in [-0.1, -0.05) is 6.07 Å². The fraction of sp³-hybridized carbons (Fsp3) is 0.500. The molecule has 0 spiro atoms. The van der Waals surface area contributed by atoms with Crippen LogP contribution < -0.4 is 11.1 Å². The minimum absolute atomic E-state index is 0. The highest BCUT2D eigenvalue weighted by molar-refractivity contribution is 14.0. The van der Waals surface area contributed by atoms with E-state index < -0.39 is 0 Å². The zero-order valence-electron chi connectivity index (χ0n) is 13.5. The number of aryl methyl sites for hydroxylation is 2. The minimum Gasteiger partial charge on any atom is -0.370 e. The molecule has 0 bridgehead atoms. The lowest BCUT2D eigenvalue weighted by Crippen LogP contribution is -2.23. The molecule has 24 heavy (non-hydrogen) atoms. The van der Waals surface area contributed by atoms with Crippen molar-refractivity contribution >= 4 is 35.6 Å². The average molecular weight is 439 g/mol. The normalized spacial score (nSPS) is 16.6. The molecular weight excluding hydrogens is 417 g/mol. The first kappa shape index (κ1) is 17.1. The van der Waals surface area contributed by atoms with Gasteiger partial charge in [0.05, 0.1) is 0 Å². The molecule has 1 aromatic carbocycles. The molecule has 2 aliphatic carbocycles. The SMILES string of the molecule is I.NC(=NCc1nnnn1CC1CC1)Nc1ccc2c(c1)CCC2. The van der Waals surface area contributed by atoms with Crippen LogP contribution in [0, 0.1) is 5.92 Å². The van der Waals surface area contributed by atoms with Crippen LogP contribution in [-0.4, -0.2) is 26.2 Å². The lowest BCUT2D eigenvalue weighted by atomic mass is 10.1. The van der Waals surface area contributed by atoms with Crippen molar-refractivity contribution in [3.63, 3.8) is 0 Å². The Labute approximate surface area is 158 Å². The number of benzene rings is 1. The Morgan fingerprint density at radius 1 is 1.29 bits per heavy atom. The van der Waals surface area contributed by atoms with Crippen LogP contribution in [0.2, 0.25) is 0 Å². The number of halogens is 1. The molecule has 128 valence electrons. The maximum Gasteiger partial charge on any atom is 0.193 e. The summed E-state index contributed by atoms with van der Waals surface area (Å²) >= 11 is 0. The summed E-state index contributed by atoms with van der Waals surface area (Å²) in [5, 5.41) is 15.0. The van der Waals surface area contributed by atoms with Crippen molar-refractivity contribution < 1.29 is 0 Å². The number of aromatic nitrogens is 4. The van der Waals surface area contributed by atoms with E-state index in [0.717, 1.165) is 30.4 Å². The second kappa shape index (κ2) is 7.45. The molecule has 8 heteroatoms. The highest BCUT2D eigenvalue weighted by Gasteiger charge is 2.23. The topological polar surface area (TPSA) is 94.0 Å². The molecule has 1 fully saturated rings. The number of nitrogens with one attached hydrogen (secondary N) is 1. The predicted molar refractivity (Wildman–Crippen MR) is 103 cm³/mol. The van der Waals surface area contributed by atoms with E-state index in [4.69, 9.17) is 5.73 Å². The number of guanidine groups is 1. The van der Waals surface area contributed by atoms with E-state index in [9.17, 15) is 0 Å². The van der Waals surface area contributed by atoms with Gasteiger partial charge in [-0.05, 0) is 71.7 Å². The highest BCUT2D eigenvalue weighted by atomic mass is 127. The Kier molecular flexibility index (Phi) is 5.32. The number of fused-ring (bicyclic) bond motifs is 1. The Balaban J connectivity index is 0.00000169. The second-order valence-electron chi connectivity index (χ2n) is 6.38. The molecule has 2 aliphatic rings. The van der Waals surface area contributed by atoms with Crippen LogP contribution in [0.25, 0.3) is 0 Å². The van der Waals surface area contributed by atoms with E-state index in [-0.39, 0.29) is 24.0 Å². The fourth-order valence-corrected chi connectivity index (χ4v) is 3.02. The van der Waals surface area contributed by atoms with Crippen molar-refractivity contribution in [2.45, 2.75) is 45.2 Å². The molecule has 1 heterocycles. The van der Waals surface area contributed by atoms with Crippen LogP contribution in [-0.2, 0) is 25.9 Å². The van der Waals surface area contributed by atoms with E-state index in [0.29, 0.717) is 12.5 Å². The molecule has 0 amide bonds. The molecule has 3 N–H and O–H groups in total. The molecule has 7 nitrogen and oxygen atoms in total. The molecule has 0 radical (unpaired) electrons. The number of anilines is 1. The number of tetrazole rings is 1. The van der Waals surface area contributed by atoms with Crippen molar-refractivity contribution in [3.05, 3.63) is 35.2 Å². The van der Waals surface area contributed by atoms with Gasteiger partial charge in [-0.15, -0.1) is 29.1 Å². The summed E-state index contributed by atoms with van der Waals surface area (Å²) in [4.78, 5) is 4.36. The third-order valence-corrected chi connectivity index (χ3v) is 4.50. The van der Waals surface area contributed by atoms with Gasteiger partial charge in [-0.3, -0.25) is 0 Å². The molecule has 1 saturated carbocycles. The summed E-state index contributed by atoms with van der Waals surface area (Å²) in [5.41, 5.74) is 9.84. The molecule has 0 atom stereocenters. The summed E-state index contributed by atoms with van der Waals surface area (Å²) in [6.45, 7) is 1.28. The average Bonchev–Trinajstić information content (AvgIpc) is 3.06. The van der Waals surface area contributed by atoms with Gasteiger partial charge >= 0.3 is 0 Å². The lowest BCUT2D eigenvalue weighted by Gasteiger charge is -2.08. The van der Waals surface area contributed by atoms with Gasteiger partial charge < -0.3 is 11.1 Å². The number of hydrogen-bond donors (Lipinski definition) is 2. The molecular formula is C16H22IN7. The first-order valence-corrected chi connectivity index (χ1v) is 8.22. The Morgan fingerprint density at radius 2 is 2.12 bits per heavy atom. The Bertz CT molecular complexity index is 736. The number of nitrogens with two attached hydrogens (primary N) is 1. The zero-order chi connectivity index (χ0) is 15.6. The van der Waals surface area contributed by atoms with Gasteiger partial charge in [0, 0.05) is 12.2 Å². The van der Waals surface area contributed by atoms with Crippen molar-refractivity contribution in [1.82, 2.24) is 20.2 Å². The molecule has 2 aromatic rings. The van der Waals surface area contributed by atoms with E-state index in [1.165, 1.54) is 36.8 Å². The van der Waals surface area contributed by atoms with Crippen LogP contribution in [0.1, 0.15) is 36.2 Å². The molecule has 1 aromatic heterocycles. The Morgan fingerprint density at radius 3 is 2.96 bits per heavy atom. The number of nitrogens with zero attached hydrogens (tertiary/aromatic N) is 5. The summed E-state index contributed by atoms with van der Waals surface area (Å²) in [7, 11) is 0. The van der Waals surface area contributed by atoms with Crippen molar-refractivity contribution in [2.75, 3.05) is 5.32 Å². The van der Waals surface area contributed by atoms with Crippen LogP contribution in [0.15, 0.2) is 23.2 Å². The largest absolute Gasteiger partial charge is 0.370 e. The minimum atomic E-state index is 0. The van der Waals surface area contributed by atoms with Crippen LogP contribution in [0.3, 0.4) is 0 Å². The highest BCUT2D eigenvalue weighted by Crippen LogP contribution is 2.30. The fourth-order valence-electron chi connectivity index (χ4n) is 3.02. The summed E-state index contributed by atoms with van der Waals surface area (Å²) in [5.74, 6) is 1.88. The second-order valence-corrected chi connectivity index (χ2v) is 6.38. The number of rotatable bonds is 5. The predicted octanol–water partition coefficient (Wildman–Crippen LogP) is 2.12. The molecule has 0 saturated heterocycles. The first-order valence-electron chi connectivity index (χ1n) is 8.22. The van der Waals surface area contributed by atoms with Crippen LogP contribution in [0.4, 0.5) is 5.69 Å². The molecule has 0 aliphatic heterocycles. The molecule has 0 unspecified atom stereocenters. The van der Waals surface area contributed by atoms with Gasteiger partial charge in [0.1, 0.15) is 6.54 Å². The van der Waals surface area contributed by atoms with Crippen molar-refractivity contribution in [2.24, 2.45) is 16.6 Å². The first-order chi connectivity index (χ1) is 11.3. The smallest absolute Gasteiger partial charge is 0.193 e. The van der Waals surface area contributed by atoms with Crippen molar-refractivity contribution in [3.8, 4) is 0 Å². The van der Waals surface area contributed by atoms with Crippen molar-refractivity contribution in [1.29, 1.82) is 0 Å². The van der Waals surface area contributed by atoms with Gasteiger partial charge in [-0.2, -0.15) is 0 Å². The number of aliphatic imine (C=N–C) groups is 1.